The van der Waals surface area contributed by atoms with Crippen LogP contribution < -0.4 is 4.90 Å². The molecule has 0 atom stereocenters. The molecule has 0 unspecified atom stereocenters. The van der Waals surface area contributed by atoms with E-state index in [1.807, 2.05) is 0 Å². The first-order valence-electron chi connectivity index (χ1n) is 19.9. The van der Waals surface area contributed by atoms with E-state index in [4.69, 9.17) is 0 Å². The van der Waals surface area contributed by atoms with Gasteiger partial charge in [0.05, 0.1) is 11.0 Å². The van der Waals surface area contributed by atoms with Crippen molar-refractivity contribution in [3.8, 4) is 39.1 Å². The van der Waals surface area contributed by atoms with Crippen molar-refractivity contribution in [2.24, 2.45) is 0 Å². The molecule has 1 aromatic heterocycles. The Morgan fingerprint density at radius 3 is 1.09 bits per heavy atom. The van der Waals surface area contributed by atoms with Crippen LogP contribution in [0.25, 0.3) is 82.4 Å². The van der Waals surface area contributed by atoms with Gasteiger partial charge in [0.1, 0.15) is 0 Å². The molecule has 0 aliphatic heterocycles. The van der Waals surface area contributed by atoms with Crippen molar-refractivity contribution in [3.05, 3.63) is 231 Å². The van der Waals surface area contributed by atoms with Crippen LogP contribution in [0.2, 0.25) is 0 Å². The average Bonchev–Trinajstić information content (AvgIpc) is 3.66. The fraction of sp³-hybridized carbons (Fsp3) is 0. The molecule has 0 aliphatic rings. The van der Waals surface area contributed by atoms with E-state index in [1.165, 1.54) is 76.7 Å². The molecule has 0 saturated carbocycles. The van der Waals surface area contributed by atoms with E-state index in [0.29, 0.717) is 0 Å². The summed E-state index contributed by atoms with van der Waals surface area (Å²) in [4.78, 5) is 2.34. The van der Waals surface area contributed by atoms with Crippen molar-refractivity contribution >= 4 is 60.4 Å². The molecule has 58 heavy (non-hydrogen) atoms. The lowest BCUT2D eigenvalue weighted by atomic mass is 9.97. The van der Waals surface area contributed by atoms with Gasteiger partial charge in [0, 0.05) is 38.9 Å². The van der Waals surface area contributed by atoms with Gasteiger partial charge < -0.3 is 9.47 Å². The molecule has 0 radical (unpaired) electrons. The standard InChI is InChI=1S/C56H38N2/c1-3-13-39(14-4-1)41-23-31-45(32-24-41)57(46-33-25-42(26-34-46)40-15-5-2-6-16-40)47-35-27-43(28-36-47)44-29-37-48(38-30-44)58-54-22-12-11-21-53(54)55-51-19-9-7-17-49(51)50-18-8-10-20-52(50)56(55)58/h1-38H. The number of anilines is 3. The van der Waals surface area contributed by atoms with Crippen LogP contribution in [0.15, 0.2) is 231 Å². The van der Waals surface area contributed by atoms with E-state index >= 15 is 0 Å². The molecule has 2 nitrogen and oxygen atoms in total. The van der Waals surface area contributed by atoms with Crippen LogP contribution in [0.4, 0.5) is 17.1 Å². The Morgan fingerprint density at radius 2 is 0.603 bits per heavy atom. The number of hydrogen-bond donors (Lipinski definition) is 0. The molecule has 11 rings (SSSR count). The molecular weight excluding hydrogens is 701 g/mol. The van der Waals surface area contributed by atoms with Gasteiger partial charge in [-0.2, -0.15) is 0 Å². The minimum atomic E-state index is 1.10. The third-order valence-electron chi connectivity index (χ3n) is 11.6. The smallest absolute Gasteiger partial charge is 0.0625 e. The highest BCUT2D eigenvalue weighted by molar-refractivity contribution is 6.32. The summed E-state index contributed by atoms with van der Waals surface area (Å²) in [6.07, 6.45) is 0. The molecule has 0 fully saturated rings. The van der Waals surface area contributed by atoms with E-state index in [0.717, 1.165) is 22.7 Å². The van der Waals surface area contributed by atoms with Gasteiger partial charge in [-0.3, -0.25) is 0 Å². The molecule has 0 amide bonds. The predicted octanol–water partition coefficient (Wildman–Crippen LogP) is 15.6. The van der Waals surface area contributed by atoms with E-state index in [-0.39, 0.29) is 0 Å². The molecule has 0 spiro atoms. The van der Waals surface area contributed by atoms with Crippen molar-refractivity contribution in [3.63, 3.8) is 0 Å². The van der Waals surface area contributed by atoms with Crippen LogP contribution in [0, 0.1) is 0 Å². The summed E-state index contributed by atoms with van der Waals surface area (Å²) >= 11 is 0. The molecule has 272 valence electrons. The predicted molar refractivity (Wildman–Crippen MR) is 247 cm³/mol. The highest BCUT2D eigenvalue weighted by atomic mass is 15.1. The van der Waals surface area contributed by atoms with Crippen LogP contribution in [0.3, 0.4) is 0 Å². The maximum absolute atomic E-state index is 2.45. The third-order valence-corrected chi connectivity index (χ3v) is 11.6. The number of aromatic nitrogens is 1. The van der Waals surface area contributed by atoms with Gasteiger partial charge in [-0.1, -0.05) is 176 Å². The number of benzene rings is 10. The molecule has 11 aromatic rings. The summed E-state index contributed by atoms with van der Waals surface area (Å²) in [6, 6.07) is 83.4. The Morgan fingerprint density at radius 1 is 0.259 bits per heavy atom. The second kappa shape index (κ2) is 14.1. The Bertz CT molecular complexity index is 3130. The van der Waals surface area contributed by atoms with Crippen molar-refractivity contribution < 1.29 is 0 Å². The van der Waals surface area contributed by atoms with Crippen LogP contribution in [0.5, 0.6) is 0 Å². The quantitative estimate of drug-likeness (QED) is 0.148. The summed E-state index contributed by atoms with van der Waals surface area (Å²) in [7, 11) is 0. The first kappa shape index (κ1) is 33.6. The fourth-order valence-corrected chi connectivity index (χ4v) is 8.82. The molecule has 0 bridgehead atoms. The first-order chi connectivity index (χ1) is 28.8. The van der Waals surface area contributed by atoms with Crippen LogP contribution >= 0.6 is 0 Å². The van der Waals surface area contributed by atoms with E-state index < -0.39 is 0 Å². The van der Waals surface area contributed by atoms with Gasteiger partial charge in [-0.15, -0.1) is 0 Å². The molecular formula is C56H38N2. The maximum atomic E-state index is 2.45. The first-order valence-corrected chi connectivity index (χ1v) is 19.9. The van der Waals surface area contributed by atoms with Crippen molar-refractivity contribution in [2.75, 3.05) is 4.90 Å². The van der Waals surface area contributed by atoms with Crippen LogP contribution in [-0.4, -0.2) is 4.57 Å². The second-order valence-electron chi connectivity index (χ2n) is 14.9. The van der Waals surface area contributed by atoms with Gasteiger partial charge in [0.2, 0.25) is 0 Å². The van der Waals surface area contributed by atoms with E-state index in [1.54, 1.807) is 0 Å². The second-order valence-corrected chi connectivity index (χ2v) is 14.9. The Labute approximate surface area is 338 Å². The van der Waals surface area contributed by atoms with Crippen LogP contribution in [0.1, 0.15) is 0 Å². The van der Waals surface area contributed by atoms with Crippen molar-refractivity contribution in [1.29, 1.82) is 0 Å². The molecule has 10 aromatic carbocycles. The van der Waals surface area contributed by atoms with Gasteiger partial charge >= 0.3 is 0 Å². The molecule has 1 heterocycles. The Kier molecular flexibility index (Phi) is 8.19. The SMILES string of the molecule is c1ccc(-c2ccc(N(c3ccc(-c4ccccc4)cc3)c3ccc(-c4ccc(-n5c6ccccc6c6c7ccccc7c7ccccc7c65)cc4)cc3)cc2)cc1. The van der Waals surface area contributed by atoms with E-state index in [2.05, 4.69) is 240 Å². The Hall–Kier alpha value is -7.68. The topological polar surface area (TPSA) is 8.17 Å². The normalized spacial score (nSPS) is 11.4. The summed E-state index contributed by atoms with van der Waals surface area (Å²) in [5, 5.41) is 7.70. The number of hydrogen-bond acceptors (Lipinski definition) is 1. The zero-order valence-electron chi connectivity index (χ0n) is 31.8. The van der Waals surface area contributed by atoms with Gasteiger partial charge in [0.25, 0.3) is 0 Å². The summed E-state index contributed by atoms with van der Waals surface area (Å²) in [6.45, 7) is 0. The van der Waals surface area contributed by atoms with Crippen molar-refractivity contribution in [1.82, 2.24) is 4.57 Å². The minimum absolute atomic E-state index is 1.10. The third kappa shape index (κ3) is 5.74. The Balaban J connectivity index is 0.972. The maximum Gasteiger partial charge on any atom is 0.0625 e. The molecule has 2 heteroatoms. The van der Waals surface area contributed by atoms with Gasteiger partial charge in [-0.25, -0.2) is 0 Å². The van der Waals surface area contributed by atoms with Crippen molar-refractivity contribution in [2.45, 2.75) is 0 Å². The highest BCUT2D eigenvalue weighted by Crippen LogP contribution is 2.43. The number of fused-ring (bicyclic) bond motifs is 8. The molecule has 0 saturated heterocycles. The number of nitrogens with zero attached hydrogens (tertiary/aromatic N) is 2. The summed E-state index contributed by atoms with van der Waals surface area (Å²) in [5.74, 6) is 0. The summed E-state index contributed by atoms with van der Waals surface area (Å²) in [5.41, 5.74) is 14.1. The summed E-state index contributed by atoms with van der Waals surface area (Å²) < 4.78 is 2.45. The monoisotopic (exact) mass is 738 g/mol. The largest absolute Gasteiger partial charge is 0.311 e. The lowest BCUT2D eigenvalue weighted by Crippen LogP contribution is -2.09. The fourth-order valence-electron chi connectivity index (χ4n) is 8.82. The average molecular weight is 739 g/mol. The highest BCUT2D eigenvalue weighted by Gasteiger charge is 2.19. The zero-order chi connectivity index (χ0) is 38.4. The molecule has 0 N–H and O–H groups in total. The molecule has 0 aliphatic carbocycles. The number of para-hydroxylation sites is 1. The van der Waals surface area contributed by atoms with Gasteiger partial charge in [-0.05, 0) is 104 Å². The lowest BCUT2D eigenvalue weighted by Gasteiger charge is -2.26. The lowest BCUT2D eigenvalue weighted by molar-refractivity contribution is 1.19. The van der Waals surface area contributed by atoms with Gasteiger partial charge in [0.15, 0.2) is 0 Å². The van der Waals surface area contributed by atoms with E-state index in [9.17, 15) is 0 Å². The number of rotatable bonds is 7. The zero-order valence-corrected chi connectivity index (χ0v) is 31.8. The van der Waals surface area contributed by atoms with Crippen LogP contribution in [-0.2, 0) is 0 Å². The minimum Gasteiger partial charge on any atom is -0.311 e.